The van der Waals surface area contributed by atoms with Crippen LogP contribution in [0.3, 0.4) is 0 Å². The molecule has 0 aromatic carbocycles. The molecule has 0 spiro atoms. The number of aromatic nitrogens is 2. The average Bonchev–Trinajstić information content (AvgIpc) is 3.14. The zero-order valence-electron chi connectivity index (χ0n) is 12.5. The van der Waals surface area contributed by atoms with Crippen molar-refractivity contribution in [3.63, 3.8) is 0 Å². The van der Waals surface area contributed by atoms with Crippen molar-refractivity contribution in [3.05, 3.63) is 18.0 Å². The lowest BCUT2D eigenvalue weighted by Gasteiger charge is -2.24. The molecule has 1 aromatic heterocycles. The van der Waals surface area contributed by atoms with Gasteiger partial charge in [0, 0.05) is 45.4 Å². The summed E-state index contributed by atoms with van der Waals surface area (Å²) in [6.07, 6.45) is 7.44. The maximum absolute atomic E-state index is 12.4. The molecule has 6 nitrogen and oxygen atoms in total. The van der Waals surface area contributed by atoms with Gasteiger partial charge in [-0.2, -0.15) is 5.10 Å². The Kier molecular flexibility index (Phi) is 4.55. The summed E-state index contributed by atoms with van der Waals surface area (Å²) in [7, 11) is 1.90. The minimum atomic E-state index is -0.0159. The van der Waals surface area contributed by atoms with Crippen LogP contribution in [0.25, 0.3) is 0 Å². The summed E-state index contributed by atoms with van der Waals surface area (Å²) in [5.74, 6) is 0.326. The van der Waals surface area contributed by atoms with Gasteiger partial charge in [-0.05, 0) is 24.8 Å². The molecule has 3 heterocycles. The number of hydrogen-bond donors (Lipinski definition) is 2. The summed E-state index contributed by atoms with van der Waals surface area (Å²) in [5.41, 5.74) is 1.14. The number of hydrogen-bond acceptors (Lipinski definition) is 4. The zero-order chi connectivity index (χ0) is 14.7. The topological polar surface area (TPSA) is 68.2 Å². The molecule has 1 amide bonds. The van der Waals surface area contributed by atoms with Crippen LogP contribution < -0.4 is 10.6 Å². The molecule has 0 radical (unpaired) electrons. The van der Waals surface area contributed by atoms with E-state index in [-0.39, 0.29) is 23.8 Å². The largest absolute Gasteiger partial charge is 0.376 e. The highest BCUT2D eigenvalue weighted by atomic mass is 16.5. The second-order valence-electron chi connectivity index (χ2n) is 6.05. The number of carbonyl (C=O) groups is 1. The molecule has 3 rings (SSSR count). The molecule has 1 unspecified atom stereocenters. The van der Waals surface area contributed by atoms with Crippen LogP contribution in [0.15, 0.2) is 12.4 Å². The lowest BCUT2D eigenvalue weighted by Crippen LogP contribution is -2.40. The number of amides is 1. The summed E-state index contributed by atoms with van der Waals surface area (Å²) in [4.78, 5) is 12.4. The summed E-state index contributed by atoms with van der Waals surface area (Å²) >= 11 is 0. The van der Waals surface area contributed by atoms with Gasteiger partial charge in [-0.25, -0.2) is 0 Å². The Hall–Kier alpha value is -1.40. The maximum Gasteiger partial charge on any atom is 0.225 e. The minimum Gasteiger partial charge on any atom is -0.376 e. The third kappa shape index (κ3) is 3.44. The first-order chi connectivity index (χ1) is 10.2. The van der Waals surface area contributed by atoms with E-state index in [0.29, 0.717) is 6.54 Å². The average molecular weight is 292 g/mol. The van der Waals surface area contributed by atoms with Crippen LogP contribution in [0.1, 0.15) is 30.7 Å². The van der Waals surface area contributed by atoms with E-state index >= 15 is 0 Å². The lowest BCUT2D eigenvalue weighted by atomic mass is 9.90. The van der Waals surface area contributed by atoms with Gasteiger partial charge in [-0.1, -0.05) is 0 Å². The monoisotopic (exact) mass is 292 g/mol. The van der Waals surface area contributed by atoms with E-state index < -0.39 is 0 Å². The Labute approximate surface area is 125 Å². The molecular weight excluding hydrogens is 268 g/mol. The smallest absolute Gasteiger partial charge is 0.225 e. The van der Waals surface area contributed by atoms with Gasteiger partial charge < -0.3 is 15.4 Å². The van der Waals surface area contributed by atoms with Gasteiger partial charge in [0.15, 0.2) is 0 Å². The normalized spacial score (nSPS) is 29.5. The summed E-state index contributed by atoms with van der Waals surface area (Å²) in [5, 5.41) is 10.6. The highest BCUT2D eigenvalue weighted by molar-refractivity contribution is 5.80. The molecule has 2 aliphatic heterocycles. The van der Waals surface area contributed by atoms with Gasteiger partial charge in [-0.15, -0.1) is 0 Å². The van der Waals surface area contributed by atoms with Crippen molar-refractivity contribution in [2.24, 2.45) is 13.0 Å². The maximum atomic E-state index is 12.4. The van der Waals surface area contributed by atoms with Crippen molar-refractivity contribution >= 4 is 5.91 Å². The Morgan fingerprint density at radius 3 is 3.14 bits per heavy atom. The van der Waals surface area contributed by atoms with Crippen LogP contribution in [0, 0.1) is 5.92 Å². The Morgan fingerprint density at radius 1 is 1.52 bits per heavy atom. The highest BCUT2D eigenvalue weighted by Crippen LogP contribution is 2.27. The van der Waals surface area contributed by atoms with Gasteiger partial charge in [-0.3, -0.25) is 9.48 Å². The second kappa shape index (κ2) is 6.58. The number of rotatable bonds is 4. The summed E-state index contributed by atoms with van der Waals surface area (Å²) in [6, 6.07) is 0. The highest BCUT2D eigenvalue weighted by Gasteiger charge is 2.34. The van der Waals surface area contributed by atoms with Gasteiger partial charge in [0.1, 0.15) is 0 Å². The lowest BCUT2D eigenvalue weighted by molar-refractivity contribution is -0.125. The van der Waals surface area contributed by atoms with Crippen LogP contribution in [0.5, 0.6) is 0 Å². The third-order valence-corrected chi connectivity index (χ3v) is 4.48. The number of nitrogens with one attached hydrogen (secondary N) is 2. The first kappa shape index (κ1) is 14.5. The molecule has 2 fully saturated rings. The second-order valence-corrected chi connectivity index (χ2v) is 6.05. The Bertz CT molecular complexity index is 482. The minimum absolute atomic E-state index is 0.0159. The van der Waals surface area contributed by atoms with Crippen molar-refractivity contribution in [2.45, 2.75) is 31.3 Å². The fraction of sp³-hybridized carbons (Fsp3) is 0.733. The number of ether oxygens (including phenoxy) is 1. The SMILES string of the molecule is Cn1cc([C@H]2CNC[C@@H]2C(=O)NCC2CCCCO2)cn1. The zero-order valence-corrected chi connectivity index (χ0v) is 12.5. The molecule has 6 heteroatoms. The van der Waals surface area contributed by atoms with Crippen molar-refractivity contribution < 1.29 is 9.53 Å². The Balaban J connectivity index is 1.55. The molecule has 2 saturated heterocycles. The molecule has 0 bridgehead atoms. The van der Waals surface area contributed by atoms with E-state index in [1.54, 1.807) is 4.68 Å². The summed E-state index contributed by atoms with van der Waals surface area (Å²) in [6.45, 7) is 3.03. The number of aryl methyl sites for hydroxylation is 1. The third-order valence-electron chi connectivity index (χ3n) is 4.48. The van der Waals surface area contributed by atoms with E-state index in [9.17, 15) is 4.79 Å². The molecule has 2 N–H and O–H groups in total. The van der Waals surface area contributed by atoms with Gasteiger partial charge >= 0.3 is 0 Å². The van der Waals surface area contributed by atoms with Crippen molar-refractivity contribution in [1.82, 2.24) is 20.4 Å². The number of nitrogens with zero attached hydrogens (tertiary/aromatic N) is 2. The van der Waals surface area contributed by atoms with Gasteiger partial charge in [0.05, 0.1) is 18.2 Å². The van der Waals surface area contributed by atoms with Crippen LogP contribution in [0.2, 0.25) is 0 Å². The van der Waals surface area contributed by atoms with Crippen LogP contribution in [0.4, 0.5) is 0 Å². The quantitative estimate of drug-likeness (QED) is 0.843. The van der Waals surface area contributed by atoms with E-state index in [1.807, 2.05) is 19.4 Å². The fourth-order valence-electron chi connectivity index (χ4n) is 3.25. The first-order valence-corrected chi connectivity index (χ1v) is 7.82. The molecule has 3 atom stereocenters. The van der Waals surface area contributed by atoms with E-state index in [2.05, 4.69) is 15.7 Å². The Morgan fingerprint density at radius 2 is 2.43 bits per heavy atom. The van der Waals surface area contributed by atoms with Crippen molar-refractivity contribution in [1.29, 1.82) is 0 Å². The molecule has 116 valence electrons. The van der Waals surface area contributed by atoms with Gasteiger partial charge in [0.2, 0.25) is 5.91 Å². The van der Waals surface area contributed by atoms with Crippen LogP contribution >= 0.6 is 0 Å². The standard InChI is InChI=1S/C15H24N4O2/c1-19-10-11(6-18-19)13-8-16-9-14(13)15(20)17-7-12-4-2-3-5-21-12/h6,10,12-14,16H,2-5,7-9H2,1H3,(H,17,20)/t12?,13-,14+/m1/s1. The van der Waals surface area contributed by atoms with Gasteiger partial charge in [0.25, 0.3) is 0 Å². The number of carbonyl (C=O) groups excluding carboxylic acids is 1. The van der Waals surface area contributed by atoms with Crippen molar-refractivity contribution in [2.75, 3.05) is 26.2 Å². The molecule has 0 aliphatic carbocycles. The van der Waals surface area contributed by atoms with E-state index in [0.717, 1.165) is 38.1 Å². The van der Waals surface area contributed by atoms with Crippen LogP contribution in [-0.2, 0) is 16.6 Å². The predicted molar refractivity (Wildman–Crippen MR) is 78.9 cm³/mol. The van der Waals surface area contributed by atoms with E-state index in [4.69, 9.17) is 4.74 Å². The molecule has 2 aliphatic rings. The summed E-state index contributed by atoms with van der Waals surface area (Å²) < 4.78 is 7.45. The van der Waals surface area contributed by atoms with E-state index in [1.165, 1.54) is 6.42 Å². The first-order valence-electron chi connectivity index (χ1n) is 7.82. The molecule has 1 aromatic rings. The fourth-order valence-corrected chi connectivity index (χ4v) is 3.25. The predicted octanol–water partition coefficient (Wildman–Crippen LogP) is 0.408. The molecule has 0 saturated carbocycles. The van der Waals surface area contributed by atoms with Crippen molar-refractivity contribution in [3.8, 4) is 0 Å². The molecule has 21 heavy (non-hydrogen) atoms. The van der Waals surface area contributed by atoms with Crippen LogP contribution in [-0.4, -0.2) is 48.0 Å². The molecular formula is C15H24N4O2.